The number of aromatic nitrogens is 1. The molecule has 1 aromatic heterocycles. The van der Waals surface area contributed by atoms with Crippen LogP contribution in [0.15, 0.2) is 48.9 Å². The van der Waals surface area contributed by atoms with Crippen LogP contribution in [-0.4, -0.2) is 65.0 Å². The molecule has 176 valence electrons. The number of hydrazine groups is 1. The van der Waals surface area contributed by atoms with Gasteiger partial charge in [-0.1, -0.05) is 23.7 Å². The predicted octanol–water partition coefficient (Wildman–Crippen LogP) is 4.19. The number of rotatable bonds is 8. The molecule has 1 aromatic carbocycles. The normalized spacial score (nSPS) is 18.3. The molecule has 1 atom stereocenters. The second-order valence-corrected chi connectivity index (χ2v) is 9.17. The molecule has 0 aliphatic carbocycles. The highest BCUT2D eigenvalue weighted by Gasteiger charge is 2.29. The summed E-state index contributed by atoms with van der Waals surface area (Å²) in [5, 5.41) is 16.6. The maximum absolute atomic E-state index is 13.2. The van der Waals surface area contributed by atoms with Gasteiger partial charge in [-0.3, -0.25) is 14.7 Å². The summed E-state index contributed by atoms with van der Waals surface area (Å²) < 4.78 is 0. The molecule has 8 heteroatoms. The monoisotopic (exact) mass is 468 g/mol. The van der Waals surface area contributed by atoms with Gasteiger partial charge in [0.1, 0.15) is 0 Å². The van der Waals surface area contributed by atoms with Crippen LogP contribution in [0.4, 0.5) is 5.69 Å². The van der Waals surface area contributed by atoms with Crippen LogP contribution in [0, 0.1) is 5.21 Å². The Kier molecular flexibility index (Phi) is 7.53. The van der Waals surface area contributed by atoms with Crippen molar-refractivity contribution >= 4 is 28.8 Å². The highest BCUT2D eigenvalue weighted by atomic mass is 35.5. The number of hydrogen-bond acceptors (Lipinski definition) is 6. The Labute approximate surface area is 200 Å². The number of carbonyl (C=O) groups is 1. The summed E-state index contributed by atoms with van der Waals surface area (Å²) in [6.45, 7) is 4.96. The van der Waals surface area contributed by atoms with Gasteiger partial charge >= 0.3 is 0 Å². The Bertz CT molecular complexity index is 997. The minimum absolute atomic E-state index is 0.164. The number of likely N-dealkylation sites (tertiary alicyclic amines) is 1. The second-order valence-electron chi connectivity index (χ2n) is 8.74. The zero-order chi connectivity index (χ0) is 23.4. The van der Waals surface area contributed by atoms with Crippen LogP contribution >= 0.6 is 11.6 Å². The van der Waals surface area contributed by atoms with Crippen LogP contribution in [0.3, 0.4) is 0 Å². The van der Waals surface area contributed by atoms with Gasteiger partial charge in [0.05, 0.1) is 18.4 Å². The van der Waals surface area contributed by atoms with E-state index in [4.69, 9.17) is 11.6 Å². The van der Waals surface area contributed by atoms with E-state index in [-0.39, 0.29) is 11.9 Å². The Hall–Kier alpha value is -2.61. The fourth-order valence-electron chi connectivity index (χ4n) is 4.56. The highest BCUT2D eigenvalue weighted by Crippen LogP contribution is 2.35. The lowest BCUT2D eigenvalue weighted by atomic mass is 9.97. The molecular formula is C25H31ClN5O2-. The Morgan fingerprint density at radius 2 is 2.06 bits per heavy atom. The molecule has 2 aliphatic rings. The van der Waals surface area contributed by atoms with Crippen molar-refractivity contribution in [3.63, 3.8) is 0 Å². The molecule has 2 aliphatic heterocycles. The number of pyridine rings is 1. The van der Waals surface area contributed by atoms with Crippen LogP contribution in [0.1, 0.15) is 37.3 Å². The van der Waals surface area contributed by atoms with Crippen molar-refractivity contribution in [1.29, 1.82) is 0 Å². The molecule has 1 fully saturated rings. The molecule has 0 radical (unpaired) electrons. The number of anilines is 1. The second kappa shape index (κ2) is 10.5. The molecule has 1 saturated heterocycles. The average Bonchev–Trinajstić information content (AvgIpc) is 3.28. The summed E-state index contributed by atoms with van der Waals surface area (Å²) in [7, 11) is 1.84. The van der Waals surface area contributed by atoms with E-state index < -0.39 is 0 Å². The number of hydrogen-bond donors (Lipinski definition) is 0. The van der Waals surface area contributed by atoms with Crippen molar-refractivity contribution in [2.75, 3.05) is 38.4 Å². The number of halogens is 1. The molecule has 33 heavy (non-hydrogen) atoms. The molecule has 3 heterocycles. The Balaban J connectivity index is 1.50. The van der Waals surface area contributed by atoms with Crippen LogP contribution in [0.5, 0.6) is 0 Å². The van der Waals surface area contributed by atoms with Gasteiger partial charge in [-0.05, 0) is 62.1 Å². The van der Waals surface area contributed by atoms with Crippen molar-refractivity contribution in [3.05, 3.63) is 70.3 Å². The average molecular weight is 469 g/mol. The maximum atomic E-state index is 13.2. The van der Waals surface area contributed by atoms with Gasteiger partial charge in [0, 0.05) is 55.6 Å². The Morgan fingerprint density at radius 1 is 1.27 bits per heavy atom. The van der Waals surface area contributed by atoms with Crippen molar-refractivity contribution in [2.45, 2.75) is 38.6 Å². The summed E-state index contributed by atoms with van der Waals surface area (Å²) >= 11 is 6.05. The number of allylic oxidation sites excluding steroid dienone is 1. The predicted molar refractivity (Wildman–Crippen MR) is 132 cm³/mol. The van der Waals surface area contributed by atoms with E-state index in [2.05, 4.69) is 9.88 Å². The van der Waals surface area contributed by atoms with Crippen molar-refractivity contribution < 1.29 is 4.79 Å². The van der Waals surface area contributed by atoms with Crippen LogP contribution < -0.4 is 5.17 Å². The summed E-state index contributed by atoms with van der Waals surface area (Å²) in [5.74, 6) is 0.164. The van der Waals surface area contributed by atoms with E-state index in [1.165, 1.54) is 0 Å². The topological polar surface area (TPSA) is 66.0 Å². The summed E-state index contributed by atoms with van der Waals surface area (Å²) in [5.41, 5.74) is 3.68. The smallest absolute Gasteiger partial charge is 0.223 e. The van der Waals surface area contributed by atoms with Crippen LogP contribution in [-0.2, 0) is 11.2 Å². The standard InChI is InChI=1S/C25H31ClN5O2/c1-3-28(2)25(32)11-14-29-13-4-5-22(29)18-30-17-20(15-19-6-8-21(26)9-7-19)23-10-12-27-16-24(23)31(30)33/h6-10,12,16-17,22H,3-5,11,13-15,18H2,1-2H3/q-1/t22-/m1/s1. The third kappa shape index (κ3) is 5.49. The third-order valence-electron chi connectivity index (χ3n) is 6.61. The van der Waals surface area contributed by atoms with Gasteiger partial charge in [-0.2, -0.15) is 0 Å². The van der Waals surface area contributed by atoms with E-state index in [0.717, 1.165) is 54.3 Å². The van der Waals surface area contributed by atoms with Gasteiger partial charge in [0.15, 0.2) is 0 Å². The summed E-state index contributed by atoms with van der Waals surface area (Å²) in [6.07, 6.45) is 8.63. The molecular weight excluding hydrogens is 438 g/mol. The number of amides is 1. The van der Waals surface area contributed by atoms with E-state index >= 15 is 0 Å². The fraction of sp³-hybridized carbons (Fsp3) is 0.440. The zero-order valence-corrected chi connectivity index (χ0v) is 20.0. The molecule has 0 unspecified atom stereocenters. The molecule has 0 N–H and O–H groups in total. The molecule has 7 nitrogen and oxygen atoms in total. The largest absolute Gasteiger partial charge is 0.738 e. The zero-order valence-electron chi connectivity index (χ0n) is 19.3. The van der Waals surface area contributed by atoms with Gasteiger partial charge in [0.2, 0.25) is 5.91 Å². The highest BCUT2D eigenvalue weighted by molar-refractivity contribution is 6.30. The van der Waals surface area contributed by atoms with E-state index in [0.29, 0.717) is 30.1 Å². The van der Waals surface area contributed by atoms with E-state index in [1.54, 1.807) is 22.3 Å². The van der Waals surface area contributed by atoms with Crippen molar-refractivity contribution in [2.24, 2.45) is 0 Å². The fourth-order valence-corrected chi connectivity index (χ4v) is 4.68. The maximum Gasteiger partial charge on any atom is 0.223 e. The lowest BCUT2D eigenvalue weighted by molar-refractivity contribution is -0.130. The number of benzene rings is 1. The van der Waals surface area contributed by atoms with Gasteiger partial charge in [0.25, 0.3) is 0 Å². The first-order chi connectivity index (χ1) is 16.0. The quantitative estimate of drug-likeness (QED) is 0.578. The van der Waals surface area contributed by atoms with Gasteiger partial charge < -0.3 is 20.3 Å². The molecule has 0 bridgehead atoms. The molecule has 0 saturated carbocycles. The summed E-state index contributed by atoms with van der Waals surface area (Å²) in [6, 6.07) is 9.93. The van der Waals surface area contributed by atoms with E-state index in [1.807, 2.05) is 50.5 Å². The molecule has 2 aromatic rings. The number of nitrogens with zero attached hydrogens (tertiary/aromatic N) is 5. The lowest BCUT2D eigenvalue weighted by Crippen LogP contribution is -2.46. The van der Waals surface area contributed by atoms with Crippen LogP contribution in [0.2, 0.25) is 5.02 Å². The Morgan fingerprint density at radius 3 is 2.82 bits per heavy atom. The first kappa shape index (κ1) is 23.5. The third-order valence-corrected chi connectivity index (χ3v) is 6.86. The van der Waals surface area contributed by atoms with Crippen molar-refractivity contribution in [3.8, 4) is 0 Å². The molecule has 1 amide bonds. The van der Waals surface area contributed by atoms with Crippen molar-refractivity contribution in [1.82, 2.24) is 19.8 Å². The minimum atomic E-state index is 0.164. The summed E-state index contributed by atoms with van der Waals surface area (Å²) in [4.78, 5) is 20.6. The SMILES string of the molecule is CCN(C)C(=O)CCN1CCC[C@@H]1CN1C=C(Cc2ccc(Cl)cc2)c2ccncc2N1[O-]. The van der Waals surface area contributed by atoms with E-state index in [9.17, 15) is 10.0 Å². The van der Waals surface area contributed by atoms with Gasteiger partial charge in [-0.15, -0.1) is 0 Å². The number of carbonyl (C=O) groups excluding carboxylic acids is 1. The first-order valence-corrected chi connectivity index (χ1v) is 12.0. The molecule has 0 spiro atoms. The number of fused-ring (bicyclic) bond motifs is 1. The van der Waals surface area contributed by atoms with Gasteiger partial charge in [-0.25, -0.2) is 0 Å². The molecule has 4 rings (SSSR count). The first-order valence-electron chi connectivity index (χ1n) is 11.6. The lowest BCUT2D eigenvalue weighted by Gasteiger charge is -2.47. The van der Waals surface area contributed by atoms with Crippen LogP contribution in [0.25, 0.3) is 5.57 Å². The minimum Gasteiger partial charge on any atom is -0.738 e.